The first-order valence-corrected chi connectivity index (χ1v) is 7.97. The SMILES string of the molecule is CCCNC(c1ccc(OCC)cc1)c1c(Br)nnn1C. The zero-order valence-corrected chi connectivity index (χ0v) is 14.2. The number of halogens is 1. The molecule has 5 nitrogen and oxygen atoms in total. The van der Waals surface area contributed by atoms with Crippen molar-refractivity contribution in [2.24, 2.45) is 7.05 Å². The Bertz CT molecular complexity index is 548. The standard InChI is InChI=1S/C15H21BrN4O/c1-4-10-17-13(14-15(16)18-19-20(14)3)11-6-8-12(9-7-11)21-5-2/h6-9,13,17H,4-5,10H2,1-3H3. The molecular formula is C15H21BrN4O. The Labute approximate surface area is 133 Å². The Kier molecular flexibility index (Phi) is 5.76. The smallest absolute Gasteiger partial charge is 0.153 e. The molecule has 1 unspecified atom stereocenters. The molecule has 114 valence electrons. The van der Waals surface area contributed by atoms with E-state index in [1.165, 1.54) is 0 Å². The number of ether oxygens (including phenoxy) is 1. The van der Waals surface area contributed by atoms with Gasteiger partial charge in [0.05, 0.1) is 18.3 Å². The summed E-state index contributed by atoms with van der Waals surface area (Å²) in [4.78, 5) is 0. The molecule has 0 saturated carbocycles. The van der Waals surface area contributed by atoms with Crippen molar-refractivity contribution in [3.05, 3.63) is 40.1 Å². The largest absolute Gasteiger partial charge is 0.494 e. The highest BCUT2D eigenvalue weighted by Crippen LogP contribution is 2.28. The number of aromatic nitrogens is 3. The summed E-state index contributed by atoms with van der Waals surface area (Å²) in [6.45, 7) is 5.74. The van der Waals surface area contributed by atoms with Gasteiger partial charge in [0.2, 0.25) is 0 Å². The minimum absolute atomic E-state index is 0.0509. The fourth-order valence-electron chi connectivity index (χ4n) is 2.23. The summed E-state index contributed by atoms with van der Waals surface area (Å²) in [6, 6.07) is 8.21. The van der Waals surface area contributed by atoms with E-state index in [1.807, 2.05) is 26.1 Å². The third-order valence-electron chi connectivity index (χ3n) is 3.22. The molecule has 0 fully saturated rings. The minimum Gasteiger partial charge on any atom is -0.494 e. The summed E-state index contributed by atoms with van der Waals surface area (Å²) in [5.74, 6) is 0.887. The van der Waals surface area contributed by atoms with Gasteiger partial charge in [-0.05, 0) is 53.5 Å². The number of rotatable bonds is 7. The van der Waals surface area contributed by atoms with Crippen LogP contribution in [0.1, 0.15) is 37.6 Å². The van der Waals surface area contributed by atoms with E-state index in [4.69, 9.17) is 4.74 Å². The van der Waals surface area contributed by atoms with Crippen LogP contribution in [0.25, 0.3) is 0 Å². The van der Waals surface area contributed by atoms with E-state index in [9.17, 15) is 0 Å². The number of hydrogen-bond acceptors (Lipinski definition) is 4. The molecule has 2 aromatic rings. The van der Waals surface area contributed by atoms with Crippen molar-refractivity contribution in [2.45, 2.75) is 26.3 Å². The van der Waals surface area contributed by atoms with Crippen LogP contribution in [-0.2, 0) is 7.05 Å². The molecule has 6 heteroatoms. The molecule has 0 aliphatic carbocycles. The number of hydrogen-bond donors (Lipinski definition) is 1. The summed E-state index contributed by atoms with van der Waals surface area (Å²) in [7, 11) is 1.91. The molecule has 0 spiro atoms. The van der Waals surface area contributed by atoms with Gasteiger partial charge in [0, 0.05) is 7.05 Å². The van der Waals surface area contributed by atoms with Gasteiger partial charge < -0.3 is 10.1 Å². The molecule has 0 aliphatic rings. The van der Waals surface area contributed by atoms with Gasteiger partial charge in [0.15, 0.2) is 4.60 Å². The average Bonchev–Trinajstić information content (AvgIpc) is 2.81. The van der Waals surface area contributed by atoms with Crippen LogP contribution in [0.15, 0.2) is 28.9 Å². The van der Waals surface area contributed by atoms with E-state index in [0.29, 0.717) is 6.61 Å². The maximum Gasteiger partial charge on any atom is 0.153 e. The molecule has 1 N–H and O–H groups in total. The summed E-state index contributed by atoms with van der Waals surface area (Å²) >= 11 is 3.49. The molecule has 0 amide bonds. The first-order chi connectivity index (χ1) is 10.2. The maximum absolute atomic E-state index is 5.50. The van der Waals surface area contributed by atoms with Crippen molar-refractivity contribution in [1.82, 2.24) is 20.3 Å². The summed E-state index contributed by atoms with van der Waals surface area (Å²) < 4.78 is 8.07. The second kappa shape index (κ2) is 7.56. The van der Waals surface area contributed by atoms with E-state index in [0.717, 1.165) is 34.6 Å². The number of nitrogens with one attached hydrogen (secondary N) is 1. The predicted octanol–water partition coefficient (Wildman–Crippen LogP) is 3.07. The quantitative estimate of drug-likeness (QED) is 0.831. The van der Waals surface area contributed by atoms with Crippen molar-refractivity contribution >= 4 is 15.9 Å². The predicted molar refractivity (Wildman–Crippen MR) is 86.5 cm³/mol. The van der Waals surface area contributed by atoms with Crippen molar-refractivity contribution in [3.63, 3.8) is 0 Å². The number of aryl methyl sites for hydroxylation is 1. The van der Waals surface area contributed by atoms with Crippen molar-refractivity contribution < 1.29 is 4.74 Å². The van der Waals surface area contributed by atoms with Gasteiger partial charge in [-0.3, -0.25) is 0 Å². The third kappa shape index (κ3) is 3.83. The first kappa shape index (κ1) is 16.0. The normalized spacial score (nSPS) is 12.4. The van der Waals surface area contributed by atoms with E-state index in [-0.39, 0.29) is 6.04 Å². The van der Waals surface area contributed by atoms with Gasteiger partial charge in [0.25, 0.3) is 0 Å². The Morgan fingerprint density at radius 3 is 2.52 bits per heavy atom. The Balaban J connectivity index is 2.31. The molecule has 1 aromatic carbocycles. The van der Waals surface area contributed by atoms with E-state index in [2.05, 4.69) is 50.6 Å². The van der Waals surface area contributed by atoms with Crippen LogP contribution >= 0.6 is 15.9 Å². The molecule has 1 atom stereocenters. The molecule has 0 radical (unpaired) electrons. The van der Waals surface area contributed by atoms with Crippen LogP contribution in [0.2, 0.25) is 0 Å². The highest BCUT2D eigenvalue weighted by Gasteiger charge is 2.21. The molecular weight excluding hydrogens is 332 g/mol. The molecule has 21 heavy (non-hydrogen) atoms. The van der Waals surface area contributed by atoms with Crippen LogP contribution in [0, 0.1) is 0 Å². The monoisotopic (exact) mass is 352 g/mol. The van der Waals surface area contributed by atoms with Gasteiger partial charge in [-0.1, -0.05) is 24.3 Å². The van der Waals surface area contributed by atoms with Crippen LogP contribution in [-0.4, -0.2) is 28.1 Å². The summed E-state index contributed by atoms with van der Waals surface area (Å²) in [6.07, 6.45) is 1.07. The molecule has 0 bridgehead atoms. The lowest BCUT2D eigenvalue weighted by Gasteiger charge is -2.19. The second-order valence-corrected chi connectivity index (χ2v) is 5.53. The lowest BCUT2D eigenvalue weighted by Crippen LogP contribution is -2.25. The third-order valence-corrected chi connectivity index (χ3v) is 3.79. The van der Waals surface area contributed by atoms with Crippen LogP contribution in [0.5, 0.6) is 5.75 Å². The van der Waals surface area contributed by atoms with Crippen LogP contribution < -0.4 is 10.1 Å². The number of nitrogens with zero attached hydrogens (tertiary/aromatic N) is 3. The van der Waals surface area contributed by atoms with E-state index < -0.39 is 0 Å². The fourth-order valence-corrected chi connectivity index (χ4v) is 2.79. The van der Waals surface area contributed by atoms with Gasteiger partial charge >= 0.3 is 0 Å². The minimum atomic E-state index is 0.0509. The second-order valence-electron chi connectivity index (χ2n) is 4.78. The molecule has 0 aliphatic heterocycles. The molecule has 2 rings (SSSR count). The van der Waals surface area contributed by atoms with Crippen molar-refractivity contribution in [1.29, 1.82) is 0 Å². The Hall–Kier alpha value is -1.40. The Morgan fingerprint density at radius 1 is 1.29 bits per heavy atom. The first-order valence-electron chi connectivity index (χ1n) is 7.18. The molecule has 1 heterocycles. The van der Waals surface area contributed by atoms with E-state index >= 15 is 0 Å². The Morgan fingerprint density at radius 2 is 2.00 bits per heavy atom. The van der Waals surface area contributed by atoms with Crippen LogP contribution in [0.4, 0.5) is 0 Å². The van der Waals surface area contributed by atoms with Gasteiger partial charge in [0.1, 0.15) is 5.75 Å². The molecule has 0 saturated heterocycles. The summed E-state index contributed by atoms with van der Waals surface area (Å²) in [5, 5.41) is 11.7. The van der Waals surface area contributed by atoms with Gasteiger partial charge in [-0.15, -0.1) is 5.10 Å². The summed E-state index contributed by atoms with van der Waals surface area (Å²) in [5.41, 5.74) is 2.19. The fraction of sp³-hybridized carbons (Fsp3) is 0.467. The highest BCUT2D eigenvalue weighted by molar-refractivity contribution is 9.10. The maximum atomic E-state index is 5.50. The van der Waals surface area contributed by atoms with Gasteiger partial charge in [-0.25, -0.2) is 4.68 Å². The van der Waals surface area contributed by atoms with Crippen molar-refractivity contribution in [3.8, 4) is 5.75 Å². The highest BCUT2D eigenvalue weighted by atomic mass is 79.9. The van der Waals surface area contributed by atoms with Gasteiger partial charge in [-0.2, -0.15) is 0 Å². The zero-order valence-electron chi connectivity index (χ0n) is 12.6. The van der Waals surface area contributed by atoms with Crippen molar-refractivity contribution in [2.75, 3.05) is 13.2 Å². The lowest BCUT2D eigenvalue weighted by atomic mass is 10.0. The number of benzene rings is 1. The zero-order chi connectivity index (χ0) is 15.2. The lowest BCUT2D eigenvalue weighted by molar-refractivity contribution is 0.340. The van der Waals surface area contributed by atoms with E-state index in [1.54, 1.807) is 4.68 Å². The van der Waals surface area contributed by atoms with Crippen LogP contribution in [0.3, 0.4) is 0 Å². The molecule has 1 aromatic heterocycles. The average molecular weight is 353 g/mol. The topological polar surface area (TPSA) is 52.0 Å².